The van der Waals surface area contributed by atoms with E-state index >= 15 is 0 Å². The van der Waals surface area contributed by atoms with Crippen molar-refractivity contribution in [2.75, 3.05) is 24.7 Å². The van der Waals surface area contributed by atoms with Gasteiger partial charge in [0.25, 0.3) is 0 Å². The molecule has 0 unspecified atom stereocenters. The smallest absolute Gasteiger partial charge is 0.336 e. The van der Waals surface area contributed by atoms with E-state index in [4.69, 9.17) is 4.42 Å². The zero-order valence-electron chi connectivity index (χ0n) is 14.9. The second-order valence-corrected chi connectivity index (χ2v) is 6.67. The van der Waals surface area contributed by atoms with Gasteiger partial charge < -0.3 is 9.32 Å². The van der Waals surface area contributed by atoms with Gasteiger partial charge in [0.05, 0.1) is 6.54 Å². The topological polar surface area (TPSA) is 62.6 Å². The average Bonchev–Trinajstić information content (AvgIpc) is 2.61. The quantitative estimate of drug-likeness (QED) is 0.551. The van der Waals surface area contributed by atoms with E-state index in [-0.39, 0.29) is 12.5 Å². The molecular weight excluding hydrogens is 348 g/mol. The van der Waals surface area contributed by atoms with Crippen LogP contribution in [0.4, 0.5) is 5.69 Å². The molecule has 1 heterocycles. The van der Waals surface area contributed by atoms with Gasteiger partial charge >= 0.3 is 5.63 Å². The molecule has 0 fully saturated rings. The van der Waals surface area contributed by atoms with Gasteiger partial charge in [0.2, 0.25) is 5.91 Å². The monoisotopic (exact) mass is 368 g/mol. The maximum atomic E-state index is 12.1. The fourth-order valence-electron chi connectivity index (χ4n) is 2.94. The zero-order valence-corrected chi connectivity index (χ0v) is 15.7. The Morgan fingerprint density at radius 3 is 2.65 bits per heavy atom. The highest BCUT2D eigenvalue weighted by Crippen LogP contribution is 2.31. The summed E-state index contributed by atoms with van der Waals surface area (Å²) < 4.78 is 8.11. The van der Waals surface area contributed by atoms with Crippen LogP contribution in [-0.4, -0.2) is 25.8 Å². The summed E-state index contributed by atoms with van der Waals surface area (Å²) in [6.45, 7) is 2.23. The van der Waals surface area contributed by atoms with Crippen LogP contribution in [0.15, 0.2) is 57.7 Å². The molecule has 6 heteroatoms. The third-order valence-electron chi connectivity index (χ3n) is 4.20. The summed E-state index contributed by atoms with van der Waals surface area (Å²) in [6.07, 6.45) is 1.80. The molecule has 0 atom stereocenters. The molecule has 26 heavy (non-hydrogen) atoms. The Balaban J connectivity index is 2.05. The highest BCUT2D eigenvalue weighted by atomic mass is 32.2. The number of hydrogen-bond acceptors (Lipinski definition) is 5. The first-order valence-electron chi connectivity index (χ1n) is 8.16. The van der Waals surface area contributed by atoms with Gasteiger partial charge in [-0.3, -0.25) is 9.52 Å². The molecule has 0 bridgehead atoms. The molecule has 1 aromatic heterocycles. The Labute approximate surface area is 156 Å². The molecule has 3 aromatic rings. The molecule has 0 aliphatic rings. The van der Waals surface area contributed by atoms with Crippen molar-refractivity contribution < 1.29 is 9.21 Å². The van der Waals surface area contributed by atoms with Crippen LogP contribution in [0.3, 0.4) is 0 Å². The van der Waals surface area contributed by atoms with E-state index in [1.807, 2.05) is 55.3 Å². The van der Waals surface area contributed by atoms with Crippen molar-refractivity contribution in [2.24, 2.45) is 0 Å². The predicted molar refractivity (Wildman–Crippen MR) is 108 cm³/mol. The predicted octanol–water partition coefficient (Wildman–Crippen LogP) is 3.60. The van der Waals surface area contributed by atoms with E-state index in [2.05, 4.69) is 4.72 Å². The fraction of sp³-hybridized carbons (Fsp3) is 0.200. The van der Waals surface area contributed by atoms with E-state index in [1.54, 1.807) is 12.3 Å². The van der Waals surface area contributed by atoms with Crippen LogP contribution in [0.1, 0.15) is 5.56 Å². The summed E-state index contributed by atoms with van der Waals surface area (Å²) in [7, 11) is 1.82. The van der Waals surface area contributed by atoms with Crippen LogP contribution >= 0.6 is 11.9 Å². The standard InChI is InChI=1S/C20H20N2O3S/c1-13-6-4-5-7-15(13)17-11-20(24)25-18-10-14(8-9-16(17)18)22(2)12-19(23)21-26-3/h4-11H,12H2,1-3H3,(H,21,23). The number of nitrogens with one attached hydrogen (secondary N) is 1. The number of rotatable bonds is 5. The minimum Gasteiger partial charge on any atom is -0.423 e. The highest BCUT2D eigenvalue weighted by Gasteiger charge is 2.13. The number of hydrogen-bond donors (Lipinski definition) is 1. The molecule has 2 aromatic carbocycles. The number of aryl methyl sites for hydroxylation is 1. The lowest BCUT2D eigenvalue weighted by Gasteiger charge is -2.19. The summed E-state index contributed by atoms with van der Waals surface area (Å²) in [5.74, 6) is -0.0878. The molecule has 0 aliphatic carbocycles. The summed E-state index contributed by atoms with van der Waals surface area (Å²) >= 11 is 1.27. The van der Waals surface area contributed by atoms with Crippen molar-refractivity contribution in [3.63, 3.8) is 0 Å². The zero-order chi connectivity index (χ0) is 18.7. The van der Waals surface area contributed by atoms with Crippen LogP contribution in [0.5, 0.6) is 0 Å². The van der Waals surface area contributed by atoms with E-state index in [0.717, 1.165) is 27.8 Å². The number of amides is 1. The Hall–Kier alpha value is -2.73. The Morgan fingerprint density at radius 1 is 1.15 bits per heavy atom. The van der Waals surface area contributed by atoms with Crippen molar-refractivity contribution in [3.8, 4) is 11.1 Å². The molecule has 0 saturated heterocycles. The second-order valence-electron chi connectivity index (χ2n) is 6.06. The van der Waals surface area contributed by atoms with Crippen molar-refractivity contribution >= 4 is 34.5 Å². The molecule has 1 amide bonds. The molecular formula is C20H20N2O3S. The third-order valence-corrected chi connectivity index (χ3v) is 4.63. The van der Waals surface area contributed by atoms with Crippen molar-refractivity contribution in [1.29, 1.82) is 0 Å². The number of likely N-dealkylation sites (N-methyl/N-ethyl adjacent to an activating group) is 1. The molecule has 0 aliphatic heterocycles. The van der Waals surface area contributed by atoms with Gasteiger partial charge in [0, 0.05) is 42.1 Å². The van der Waals surface area contributed by atoms with E-state index < -0.39 is 5.63 Å². The van der Waals surface area contributed by atoms with Crippen LogP contribution in [0.2, 0.25) is 0 Å². The third kappa shape index (κ3) is 3.75. The van der Waals surface area contributed by atoms with E-state index in [9.17, 15) is 9.59 Å². The lowest BCUT2D eigenvalue weighted by atomic mass is 9.98. The SMILES string of the molecule is CSNC(=O)CN(C)c1ccc2c(-c3ccccc3C)cc(=O)oc2c1. The number of anilines is 1. The van der Waals surface area contributed by atoms with Crippen molar-refractivity contribution in [2.45, 2.75) is 6.92 Å². The summed E-state index contributed by atoms with van der Waals surface area (Å²) in [4.78, 5) is 25.7. The first-order valence-corrected chi connectivity index (χ1v) is 9.39. The lowest BCUT2D eigenvalue weighted by molar-refractivity contribution is -0.117. The summed E-state index contributed by atoms with van der Waals surface area (Å²) in [6, 6.07) is 15.1. The molecule has 1 N–H and O–H groups in total. The van der Waals surface area contributed by atoms with Crippen LogP contribution in [0.25, 0.3) is 22.1 Å². The van der Waals surface area contributed by atoms with E-state index in [1.165, 1.54) is 18.0 Å². The Bertz CT molecular complexity index is 1010. The minimum atomic E-state index is -0.393. The van der Waals surface area contributed by atoms with Crippen LogP contribution in [0, 0.1) is 6.92 Å². The molecule has 3 rings (SSSR count). The van der Waals surface area contributed by atoms with Gasteiger partial charge in [-0.1, -0.05) is 36.2 Å². The molecule has 134 valence electrons. The lowest BCUT2D eigenvalue weighted by Crippen LogP contribution is -2.31. The number of carbonyl (C=O) groups is 1. The van der Waals surface area contributed by atoms with Crippen molar-refractivity contribution in [1.82, 2.24) is 4.72 Å². The second kappa shape index (κ2) is 7.66. The summed E-state index contributed by atoms with van der Waals surface area (Å²) in [5, 5.41) is 0.865. The van der Waals surface area contributed by atoms with Gasteiger partial charge in [0.15, 0.2) is 0 Å². The molecule has 0 spiro atoms. The average molecular weight is 368 g/mol. The number of nitrogens with zero attached hydrogens (tertiary/aromatic N) is 1. The summed E-state index contributed by atoms with van der Waals surface area (Å²) in [5.41, 5.74) is 3.86. The first-order chi connectivity index (χ1) is 12.5. The first kappa shape index (κ1) is 18.1. The van der Waals surface area contributed by atoms with Gasteiger partial charge in [-0.05, 0) is 30.2 Å². The fourth-order valence-corrected chi connectivity index (χ4v) is 3.23. The van der Waals surface area contributed by atoms with Crippen LogP contribution in [-0.2, 0) is 4.79 Å². The molecule has 0 radical (unpaired) electrons. The maximum absolute atomic E-state index is 12.1. The minimum absolute atomic E-state index is 0.0878. The van der Waals surface area contributed by atoms with Gasteiger partial charge in [-0.25, -0.2) is 4.79 Å². The number of benzene rings is 2. The highest BCUT2D eigenvalue weighted by molar-refractivity contribution is 7.97. The van der Waals surface area contributed by atoms with Gasteiger partial charge in [-0.15, -0.1) is 0 Å². The van der Waals surface area contributed by atoms with Crippen molar-refractivity contribution in [3.05, 3.63) is 64.5 Å². The maximum Gasteiger partial charge on any atom is 0.336 e. The van der Waals surface area contributed by atoms with Gasteiger partial charge in [0.1, 0.15) is 5.58 Å². The van der Waals surface area contributed by atoms with Crippen LogP contribution < -0.4 is 15.2 Å². The number of fused-ring (bicyclic) bond motifs is 1. The number of carbonyl (C=O) groups excluding carboxylic acids is 1. The Morgan fingerprint density at radius 2 is 1.92 bits per heavy atom. The van der Waals surface area contributed by atoms with E-state index in [0.29, 0.717) is 5.58 Å². The largest absolute Gasteiger partial charge is 0.423 e. The van der Waals surface area contributed by atoms with Gasteiger partial charge in [-0.2, -0.15) is 0 Å². The molecule has 0 saturated carbocycles. The Kier molecular flexibility index (Phi) is 5.32. The normalized spacial score (nSPS) is 10.7. The molecule has 5 nitrogen and oxygen atoms in total.